The first-order valence-corrected chi connectivity index (χ1v) is 8.94. The zero-order valence-electron chi connectivity index (χ0n) is 14.8. The average Bonchev–Trinajstić information content (AvgIpc) is 2.74. The molecule has 1 aliphatic heterocycles. The van der Waals surface area contributed by atoms with Crippen LogP contribution in [0.25, 0.3) is 0 Å². The maximum atomic E-state index is 12.9. The van der Waals surface area contributed by atoms with Gasteiger partial charge in [-0.3, -0.25) is 14.6 Å². The van der Waals surface area contributed by atoms with E-state index in [1.807, 2.05) is 53.4 Å². The molecule has 2 amide bonds. The number of amides is 2. The molecule has 0 unspecified atom stereocenters. The molecule has 0 spiro atoms. The Balaban J connectivity index is 1.57. The Morgan fingerprint density at radius 3 is 2.56 bits per heavy atom. The van der Waals surface area contributed by atoms with E-state index in [4.69, 9.17) is 0 Å². The summed E-state index contributed by atoms with van der Waals surface area (Å²) in [6.07, 6.45) is 3.36. The minimum absolute atomic E-state index is 0.00169. The molecule has 0 saturated carbocycles. The first kappa shape index (κ1) is 17.0. The number of rotatable bonds is 3. The zero-order valence-corrected chi connectivity index (χ0v) is 14.8. The Labute approximate surface area is 157 Å². The summed E-state index contributed by atoms with van der Waals surface area (Å²) in [6.45, 7) is 0.695. The summed E-state index contributed by atoms with van der Waals surface area (Å²) in [5, 5.41) is 2.88. The van der Waals surface area contributed by atoms with Crippen molar-refractivity contribution < 1.29 is 9.59 Å². The van der Waals surface area contributed by atoms with Crippen LogP contribution in [0.1, 0.15) is 32.8 Å². The van der Waals surface area contributed by atoms with Crippen molar-refractivity contribution in [2.24, 2.45) is 0 Å². The van der Waals surface area contributed by atoms with Crippen molar-refractivity contribution in [3.8, 4) is 0 Å². The number of aryl methyl sites for hydroxylation is 1. The quantitative estimate of drug-likeness (QED) is 0.773. The van der Waals surface area contributed by atoms with Crippen LogP contribution in [0, 0.1) is 0 Å². The van der Waals surface area contributed by atoms with Gasteiger partial charge in [-0.25, -0.2) is 0 Å². The molecule has 5 nitrogen and oxygen atoms in total. The molecule has 3 aromatic rings. The average molecular weight is 357 g/mol. The van der Waals surface area contributed by atoms with Gasteiger partial charge >= 0.3 is 0 Å². The Morgan fingerprint density at radius 2 is 1.78 bits per heavy atom. The van der Waals surface area contributed by atoms with Crippen molar-refractivity contribution in [3.63, 3.8) is 0 Å². The number of aromatic nitrogens is 1. The zero-order chi connectivity index (χ0) is 18.6. The second kappa shape index (κ2) is 7.41. The minimum atomic E-state index is -0.247. The van der Waals surface area contributed by atoms with E-state index in [1.165, 1.54) is 0 Å². The van der Waals surface area contributed by atoms with Crippen molar-refractivity contribution in [2.75, 3.05) is 16.8 Å². The van der Waals surface area contributed by atoms with Crippen molar-refractivity contribution >= 4 is 23.2 Å². The fourth-order valence-corrected chi connectivity index (χ4v) is 3.31. The first-order chi connectivity index (χ1) is 13.2. The van der Waals surface area contributed by atoms with E-state index >= 15 is 0 Å². The molecule has 4 rings (SSSR count). The van der Waals surface area contributed by atoms with Crippen LogP contribution >= 0.6 is 0 Å². The summed E-state index contributed by atoms with van der Waals surface area (Å²) in [7, 11) is 0. The fraction of sp³-hybridized carbons (Fsp3) is 0.136. The van der Waals surface area contributed by atoms with Crippen molar-refractivity contribution in [2.45, 2.75) is 12.8 Å². The lowest BCUT2D eigenvalue weighted by Crippen LogP contribution is -2.35. The molecule has 0 aliphatic carbocycles. The largest absolute Gasteiger partial charge is 0.321 e. The monoisotopic (exact) mass is 357 g/mol. The van der Waals surface area contributed by atoms with E-state index in [1.54, 1.807) is 24.4 Å². The third-order valence-corrected chi connectivity index (χ3v) is 4.62. The number of nitrogens with zero attached hydrogens (tertiary/aromatic N) is 2. The smallest absolute Gasteiger partial charge is 0.274 e. The van der Waals surface area contributed by atoms with Crippen molar-refractivity contribution in [1.29, 1.82) is 0 Å². The summed E-state index contributed by atoms with van der Waals surface area (Å²) in [5.41, 5.74) is 3.72. The molecule has 1 aliphatic rings. The summed E-state index contributed by atoms with van der Waals surface area (Å²) in [6, 6.07) is 20.2. The number of carbonyl (C=O) groups is 2. The van der Waals surface area contributed by atoms with Gasteiger partial charge in [0.15, 0.2) is 0 Å². The summed E-state index contributed by atoms with van der Waals surface area (Å²) < 4.78 is 0. The van der Waals surface area contributed by atoms with Crippen LogP contribution in [0.3, 0.4) is 0 Å². The second-order valence-electron chi connectivity index (χ2n) is 6.44. The second-order valence-corrected chi connectivity index (χ2v) is 6.44. The fourth-order valence-electron chi connectivity index (χ4n) is 3.31. The summed E-state index contributed by atoms with van der Waals surface area (Å²) in [5.74, 6) is -0.245. The molecular weight excluding hydrogens is 338 g/mol. The van der Waals surface area contributed by atoms with Gasteiger partial charge in [-0.2, -0.15) is 0 Å². The molecule has 0 atom stereocenters. The standard InChI is InChI=1S/C22H19N3O2/c26-21(19-10-4-5-13-23-19)24-18-11-12-20-17(15-18)9-6-14-25(20)22(27)16-7-2-1-3-8-16/h1-5,7-8,10-13,15H,6,9,14H2,(H,24,26). The van der Waals surface area contributed by atoms with Gasteiger partial charge in [-0.05, 0) is 60.9 Å². The number of fused-ring (bicyclic) bond motifs is 1. The molecule has 0 radical (unpaired) electrons. The van der Waals surface area contributed by atoms with Crippen LogP contribution in [0.4, 0.5) is 11.4 Å². The molecular formula is C22H19N3O2. The molecule has 1 aromatic heterocycles. The van der Waals surface area contributed by atoms with Crippen molar-refractivity contribution in [3.05, 3.63) is 89.7 Å². The highest BCUT2D eigenvalue weighted by molar-refractivity contribution is 6.07. The van der Waals surface area contributed by atoms with E-state index < -0.39 is 0 Å². The number of pyridine rings is 1. The molecule has 0 bridgehead atoms. The maximum absolute atomic E-state index is 12.9. The minimum Gasteiger partial charge on any atom is -0.321 e. The SMILES string of the molecule is O=C(Nc1ccc2c(c1)CCCN2C(=O)c1ccccc1)c1ccccn1. The number of nitrogens with one attached hydrogen (secondary N) is 1. The Morgan fingerprint density at radius 1 is 0.963 bits per heavy atom. The molecule has 27 heavy (non-hydrogen) atoms. The molecule has 1 N–H and O–H groups in total. The van der Waals surface area contributed by atoms with Crippen LogP contribution in [0.15, 0.2) is 72.9 Å². The summed E-state index contributed by atoms with van der Waals surface area (Å²) in [4.78, 5) is 31.0. The number of carbonyl (C=O) groups excluding carboxylic acids is 2. The maximum Gasteiger partial charge on any atom is 0.274 e. The predicted octanol–water partition coefficient (Wildman–Crippen LogP) is 3.93. The highest BCUT2D eigenvalue weighted by Gasteiger charge is 2.24. The van der Waals surface area contributed by atoms with Gasteiger partial charge in [0, 0.05) is 29.7 Å². The van der Waals surface area contributed by atoms with Gasteiger partial charge in [0.25, 0.3) is 11.8 Å². The van der Waals surface area contributed by atoms with Crippen LogP contribution in [0.5, 0.6) is 0 Å². The number of hydrogen-bond donors (Lipinski definition) is 1. The normalized spacial score (nSPS) is 13.0. The number of hydrogen-bond acceptors (Lipinski definition) is 3. The van der Waals surface area contributed by atoms with Gasteiger partial charge in [0.1, 0.15) is 5.69 Å². The number of benzene rings is 2. The van der Waals surface area contributed by atoms with Crippen LogP contribution in [0.2, 0.25) is 0 Å². The lowest BCUT2D eigenvalue weighted by molar-refractivity contribution is 0.0983. The third kappa shape index (κ3) is 3.58. The topological polar surface area (TPSA) is 62.3 Å². The van der Waals surface area contributed by atoms with Gasteiger partial charge in [0.2, 0.25) is 0 Å². The molecule has 0 saturated heterocycles. The lowest BCUT2D eigenvalue weighted by atomic mass is 10.00. The molecule has 0 fully saturated rings. The molecule has 2 aromatic carbocycles. The molecule has 2 heterocycles. The Bertz CT molecular complexity index is 971. The lowest BCUT2D eigenvalue weighted by Gasteiger charge is -2.30. The van der Waals surface area contributed by atoms with Crippen molar-refractivity contribution in [1.82, 2.24) is 4.98 Å². The van der Waals surface area contributed by atoms with Crippen LogP contribution < -0.4 is 10.2 Å². The molecule has 5 heteroatoms. The van der Waals surface area contributed by atoms with Crippen LogP contribution in [-0.4, -0.2) is 23.3 Å². The van der Waals surface area contributed by atoms with Crippen LogP contribution in [-0.2, 0) is 6.42 Å². The predicted molar refractivity (Wildman–Crippen MR) is 105 cm³/mol. The third-order valence-electron chi connectivity index (χ3n) is 4.62. The van der Waals surface area contributed by atoms with E-state index in [2.05, 4.69) is 10.3 Å². The summed E-state index contributed by atoms with van der Waals surface area (Å²) >= 11 is 0. The Kier molecular flexibility index (Phi) is 4.66. The molecule has 134 valence electrons. The van der Waals surface area contributed by atoms with E-state index in [-0.39, 0.29) is 11.8 Å². The van der Waals surface area contributed by atoms with E-state index in [0.717, 1.165) is 24.1 Å². The highest BCUT2D eigenvalue weighted by Crippen LogP contribution is 2.31. The number of anilines is 2. The van der Waals surface area contributed by atoms with Gasteiger partial charge in [0.05, 0.1) is 0 Å². The van der Waals surface area contributed by atoms with Gasteiger partial charge < -0.3 is 10.2 Å². The highest BCUT2D eigenvalue weighted by atomic mass is 16.2. The van der Waals surface area contributed by atoms with E-state index in [9.17, 15) is 9.59 Å². The Hall–Kier alpha value is -3.47. The van der Waals surface area contributed by atoms with Gasteiger partial charge in [-0.1, -0.05) is 24.3 Å². The first-order valence-electron chi connectivity index (χ1n) is 8.94. The van der Waals surface area contributed by atoms with Gasteiger partial charge in [-0.15, -0.1) is 0 Å². The van der Waals surface area contributed by atoms with E-state index in [0.29, 0.717) is 23.5 Å².